The van der Waals surface area contributed by atoms with Crippen molar-refractivity contribution in [2.75, 3.05) is 23.8 Å². The lowest BCUT2D eigenvalue weighted by Gasteiger charge is -2.12. The molecule has 1 amide bonds. The van der Waals surface area contributed by atoms with E-state index in [9.17, 15) is 4.79 Å². The first-order valence-electron chi connectivity index (χ1n) is 5.68. The van der Waals surface area contributed by atoms with E-state index in [0.29, 0.717) is 28.7 Å². The second kappa shape index (κ2) is 6.04. The van der Waals surface area contributed by atoms with Crippen LogP contribution in [0, 0.1) is 5.92 Å². The van der Waals surface area contributed by atoms with Crippen LogP contribution in [0.25, 0.3) is 0 Å². The lowest BCUT2D eigenvalue weighted by Crippen LogP contribution is -2.29. The lowest BCUT2D eigenvalue weighted by molar-refractivity contribution is 0.0948. The van der Waals surface area contributed by atoms with Gasteiger partial charge in [0.25, 0.3) is 5.91 Å². The Hall–Kier alpha value is -0.580. The number of hydrogen-bond acceptors (Lipinski definition) is 3. The van der Waals surface area contributed by atoms with Crippen molar-refractivity contribution in [3.8, 4) is 0 Å². The Kier molecular flexibility index (Phi) is 4.65. The van der Waals surface area contributed by atoms with E-state index in [4.69, 9.17) is 28.9 Å². The summed E-state index contributed by atoms with van der Waals surface area (Å²) >= 11 is 13.8. The highest BCUT2D eigenvalue weighted by atomic mass is 35.5. The van der Waals surface area contributed by atoms with Crippen LogP contribution in [0.5, 0.6) is 0 Å². The molecule has 0 radical (unpaired) electrons. The molecule has 1 heterocycles. The number of halogens is 2. The van der Waals surface area contributed by atoms with Gasteiger partial charge in [0.1, 0.15) is 0 Å². The Morgan fingerprint density at radius 2 is 2.28 bits per heavy atom. The van der Waals surface area contributed by atoms with Gasteiger partial charge in [0.05, 0.1) is 15.6 Å². The summed E-state index contributed by atoms with van der Waals surface area (Å²) in [4.78, 5) is 12.0. The van der Waals surface area contributed by atoms with Crippen molar-refractivity contribution in [3.63, 3.8) is 0 Å². The first kappa shape index (κ1) is 13.8. The normalized spacial score (nSPS) is 18.9. The SMILES string of the molecule is Nc1cc(Cl)c(Cl)c(C(=O)NCC2CCSC2)c1. The molecule has 1 aliphatic rings. The number of amides is 1. The van der Waals surface area contributed by atoms with Crippen LogP contribution in [0.4, 0.5) is 5.69 Å². The van der Waals surface area contributed by atoms with Crippen LogP contribution < -0.4 is 11.1 Å². The van der Waals surface area contributed by atoms with Crippen molar-refractivity contribution in [2.45, 2.75) is 6.42 Å². The summed E-state index contributed by atoms with van der Waals surface area (Å²) in [5.74, 6) is 2.61. The van der Waals surface area contributed by atoms with Gasteiger partial charge in [-0.05, 0) is 36.0 Å². The summed E-state index contributed by atoms with van der Waals surface area (Å²) in [7, 11) is 0. The molecule has 1 unspecified atom stereocenters. The fourth-order valence-corrected chi connectivity index (χ4v) is 3.56. The Bertz CT molecular complexity index is 462. The van der Waals surface area contributed by atoms with Crippen LogP contribution >= 0.6 is 35.0 Å². The number of carbonyl (C=O) groups excluding carboxylic acids is 1. The van der Waals surface area contributed by atoms with E-state index < -0.39 is 0 Å². The molecule has 3 nitrogen and oxygen atoms in total. The largest absolute Gasteiger partial charge is 0.399 e. The number of rotatable bonds is 3. The monoisotopic (exact) mass is 304 g/mol. The van der Waals surface area contributed by atoms with E-state index in [-0.39, 0.29) is 10.9 Å². The quantitative estimate of drug-likeness (QED) is 0.844. The predicted octanol–water partition coefficient (Wildman–Crippen LogP) is 3.06. The molecular formula is C12H14Cl2N2OS. The maximum Gasteiger partial charge on any atom is 0.252 e. The van der Waals surface area contributed by atoms with Gasteiger partial charge in [-0.2, -0.15) is 11.8 Å². The van der Waals surface area contributed by atoms with Crippen LogP contribution in [0.2, 0.25) is 10.0 Å². The Morgan fingerprint density at radius 3 is 2.94 bits per heavy atom. The van der Waals surface area contributed by atoms with Gasteiger partial charge in [-0.1, -0.05) is 23.2 Å². The fraction of sp³-hybridized carbons (Fsp3) is 0.417. The number of benzene rings is 1. The summed E-state index contributed by atoms with van der Waals surface area (Å²) < 4.78 is 0. The third kappa shape index (κ3) is 3.25. The molecule has 98 valence electrons. The van der Waals surface area contributed by atoms with Gasteiger partial charge in [-0.25, -0.2) is 0 Å². The van der Waals surface area contributed by atoms with Gasteiger partial charge >= 0.3 is 0 Å². The van der Waals surface area contributed by atoms with E-state index in [1.165, 1.54) is 11.8 Å². The second-order valence-electron chi connectivity index (χ2n) is 4.30. The summed E-state index contributed by atoms with van der Waals surface area (Å²) in [6, 6.07) is 3.08. The minimum Gasteiger partial charge on any atom is -0.399 e. The molecule has 0 aliphatic carbocycles. The van der Waals surface area contributed by atoms with Crippen molar-refractivity contribution >= 4 is 46.6 Å². The molecule has 1 aromatic carbocycles. The molecule has 1 aliphatic heterocycles. The Morgan fingerprint density at radius 1 is 1.50 bits per heavy atom. The molecular weight excluding hydrogens is 291 g/mol. The van der Waals surface area contributed by atoms with Crippen molar-refractivity contribution in [1.82, 2.24) is 5.32 Å². The van der Waals surface area contributed by atoms with Gasteiger partial charge in [0, 0.05) is 12.2 Å². The third-order valence-corrected chi connectivity index (χ3v) is 4.90. The van der Waals surface area contributed by atoms with E-state index in [1.54, 1.807) is 6.07 Å². The molecule has 0 bridgehead atoms. The van der Waals surface area contributed by atoms with Crippen LogP contribution in [0.15, 0.2) is 12.1 Å². The molecule has 1 saturated heterocycles. The molecule has 2 rings (SSSR count). The van der Waals surface area contributed by atoms with Crippen LogP contribution in [-0.4, -0.2) is 24.0 Å². The average molecular weight is 305 g/mol. The summed E-state index contributed by atoms with van der Waals surface area (Å²) in [6.45, 7) is 0.675. The summed E-state index contributed by atoms with van der Waals surface area (Å²) in [6.07, 6.45) is 1.15. The van der Waals surface area contributed by atoms with E-state index in [2.05, 4.69) is 5.32 Å². The number of anilines is 1. The number of nitrogens with one attached hydrogen (secondary N) is 1. The summed E-state index contributed by atoms with van der Waals surface area (Å²) in [5, 5.41) is 3.44. The highest BCUT2D eigenvalue weighted by Gasteiger charge is 2.18. The van der Waals surface area contributed by atoms with E-state index in [1.807, 2.05) is 11.8 Å². The number of nitrogen functional groups attached to an aromatic ring is 1. The number of nitrogens with two attached hydrogens (primary N) is 1. The van der Waals surface area contributed by atoms with Gasteiger partial charge < -0.3 is 11.1 Å². The highest BCUT2D eigenvalue weighted by molar-refractivity contribution is 7.99. The van der Waals surface area contributed by atoms with Crippen LogP contribution in [0.1, 0.15) is 16.8 Å². The molecule has 18 heavy (non-hydrogen) atoms. The molecule has 1 atom stereocenters. The molecule has 1 fully saturated rings. The first-order valence-corrected chi connectivity index (χ1v) is 7.59. The maximum absolute atomic E-state index is 12.0. The maximum atomic E-state index is 12.0. The van der Waals surface area contributed by atoms with Crippen molar-refractivity contribution < 1.29 is 4.79 Å². The molecule has 0 saturated carbocycles. The number of thioether (sulfide) groups is 1. The zero-order valence-electron chi connectivity index (χ0n) is 9.71. The van der Waals surface area contributed by atoms with Crippen molar-refractivity contribution in [1.29, 1.82) is 0 Å². The first-order chi connectivity index (χ1) is 8.58. The average Bonchev–Trinajstić information content (AvgIpc) is 2.83. The van der Waals surface area contributed by atoms with Crippen LogP contribution in [0.3, 0.4) is 0 Å². The molecule has 3 N–H and O–H groups in total. The van der Waals surface area contributed by atoms with Crippen LogP contribution in [-0.2, 0) is 0 Å². The number of carbonyl (C=O) groups is 1. The van der Waals surface area contributed by atoms with Crippen molar-refractivity contribution in [3.05, 3.63) is 27.7 Å². The van der Waals surface area contributed by atoms with Crippen molar-refractivity contribution in [2.24, 2.45) is 5.92 Å². The third-order valence-electron chi connectivity index (χ3n) is 2.87. The highest BCUT2D eigenvalue weighted by Crippen LogP contribution is 2.29. The van der Waals surface area contributed by atoms with Gasteiger partial charge in [-0.15, -0.1) is 0 Å². The minimum absolute atomic E-state index is 0.217. The Balaban J connectivity index is 2.04. The van der Waals surface area contributed by atoms with Gasteiger partial charge in [0.2, 0.25) is 0 Å². The zero-order chi connectivity index (χ0) is 13.1. The fourth-order valence-electron chi connectivity index (χ4n) is 1.85. The molecule has 0 spiro atoms. The smallest absolute Gasteiger partial charge is 0.252 e. The van der Waals surface area contributed by atoms with E-state index in [0.717, 1.165) is 12.2 Å². The molecule has 1 aromatic rings. The predicted molar refractivity (Wildman–Crippen MR) is 78.6 cm³/mol. The number of hydrogen-bond donors (Lipinski definition) is 2. The minimum atomic E-state index is -0.217. The zero-order valence-corrected chi connectivity index (χ0v) is 12.0. The standard InChI is InChI=1S/C12H14Cl2N2OS/c13-10-4-8(15)3-9(11(10)14)12(17)16-5-7-1-2-18-6-7/h3-4,7H,1-2,5-6,15H2,(H,16,17). The molecule has 6 heteroatoms. The van der Waals surface area contributed by atoms with E-state index >= 15 is 0 Å². The lowest BCUT2D eigenvalue weighted by atomic mass is 10.1. The topological polar surface area (TPSA) is 55.1 Å². The van der Waals surface area contributed by atoms with Gasteiger partial charge in [0.15, 0.2) is 0 Å². The van der Waals surface area contributed by atoms with Gasteiger partial charge in [-0.3, -0.25) is 4.79 Å². The second-order valence-corrected chi connectivity index (χ2v) is 6.24. The Labute approximate surface area is 120 Å². The summed E-state index contributed by atoms with van der Waals surface area (Å²) in [5.41, 5.74) is 6.43. The molecule has 0 aromatic heterocycles.